The van der Waals surface area contributed by atoms with E-state index in [4.69, 9.17) is 4.74 Å². The first-order valence-corrected chi connectivity index (χ1v) is 10.6. The number of alkyl carbamates (subject to hydrolysis) is 1. The monoisotopic (exact) mass is 426 g/mol. The number of hydrogen-bond acceptors (Lipinski definition) is 5. The number of anilines is 1. The van der Waals surface area contributed by atoms with Crippen LogP contribution in [-0.2, 0) is 22.4 Å². The molecule has 1 unspecified atom stereocenters. The molecule has 3 rings (SSSR count). The molecular formula is C23H30N4O4. The van der Waals surface area contributed by atoms with E-state index in [2.05, 4.69) is 15.3 Å². The first kappa shape index (κ1) is 22.5. The maximum absolute atomic E-state index is 13.2. The molecule has 8 heteroatoms. The van der Waals surface area contributed by atoms with Crippen LogP contribution in [0.5, 0.6) is 0 Å². The molecule has 1 atom stereocenters. The van der Waals surface area contributed by atoms with Gasteiger partial charge < -0.3 is 15.0 Å². The van der Waals surface area contributed by atoms with Crippen molar-refractivity contribution in [2.45, 2.75) is 65.5 Å². The van der Waals surface area contributed by atoms with Crippen molar-refractivity contribution in [3.63, 3.8) is 0 Å². The molecule has 0 saturated heterocycles. The standard InChI is InChI=1S/C23H30N4O4/c1-6-9-16-20(14(2)28)26-21(25-16)18-12-15-10-7-8-11-17(15)27(18)19(29)13-24-22(30)31-23(3,4)5/h7-8,10-11,18H,6,9,12-13H2,1-5H3,(H,24,30)(H,25,26). The number of imidazole rings is 1. The minimum absolute atomic E-state index is 0.106. The third kappa shape index (κ3) is 5.13. The van der Waals surface area contributed by atoms with Gasteiger partial charge >= 0.3 is 6.09 Å². The Kier molecular flexibility index (Phi) is 6.48. The molecule has 1 aliphatic heterocycles. The molecule has 1 aromatic heterocycles. The molecule has 0 radical (unpaired) electrons. The summed E-state index contributed by atoms with van der Waals surface area (Å²) >= 11 is 0. The van der Waals surface area contributed by atoms with Crippen LogP contribution in [0.1, 0.15) is 74.7 Å². The molecule has 31 heavy (non-hydrogen) atoms. The average Bonchev–Trinajstić information content (AvgIpc) is 3.26. The lowest BCUT2D eigenvalue weighted by Crippen LogP contribution is -2.42. The van der Waals surface area contributed by atoms with Crippen LogP contribution >= 0.6 is 0 Å². The second-order valence-electron chi connectivity index (χ2n) is 8.72. The van der Waals surface area contributed by atoms with Gasteiger partial charge in [0.1, 0.15) is 23.7 Å². The summed E-state index contributed by atoms with van der Waals surface area (Å²) in [5.41, 5.74) is 2.35. The molecule has 2 aromatic rings. The topological polar surface area (TPSA) is 104 Å². The van der Waals surface area contributed by atoms with E-state index in [1.54, 1.807) is 25.7 Å². The van der Waals surface area contributed by atoms with Crippen LogP contribution in [0, 0.1) is 0 Å². The Morgan fingerprint density at radius 2 is 1.97 bits per heavy atom. The minimum Gasteiger partial charge on any atom is -0.444 e. The summed E-state index contributed by atoms with van der Waals surface area (Å²) in [5.74, 6) is 0.194. The van der Waals surface area contributed by atoms with Crippen LogP contribution in [0.4, 0.5) is 10.5 Å². The van der Waals surface area contributed by atoms with Crippen LogP contribution < -0.4 is 10.2 Å². The van der Waals surface area contributed by atoms with Gasteiger partial charge in [-0.25, -0.2) is 9.78 Å². The fourth-order valence-electron chi connectivity index (χ4n) is 3.77. The number of carbonyl (C=O) groups excluding carboxylic acids is 3. The van der Waals surface area contributed by atoms with Crippen molar-refractivity contribution in [3.8, 4) is 0 Å². The molecular weight excluding hydrogens is 396 g/mol. The molecule has 0 spiro atoms. The number of rotatable bonds is 6. The van der Waals surface area contributed by atoms with Crippen molar-refractivity contribution >= 4 is 23.5 Å². The van der Waals surface area contributed by atoms with E-state index in [1.807, 2.05) is 31.2 Å². The molecule has 2 heterocycles. The van der Waals surface area contributed by atoms with E-state index >= 15 is 0 Å². The molecule has 0 aliphatic carbocycles. The van der Waals surface area contributed by atoms with E-state index in [1.165, 1.54) is 6.92 Å². The number of H-pyrrole nitrogens is 1. The summed E-state index contributed by atoms with van der Waals surface area (Å²) in [6.07, 6.45) is 1.50. The molecule has 2 N–H and O–H groups in total. The fourth-order valence-corrected chi connectivity index (χ4v) is 3.77. The number of aromatic nitrogens is 2. The van der Waals surface area contributed by atoms with Gasteiger partial charge in [-0.15, -0.1) is 0 Å². The van der Waals surface area contributed by atoms with Crippen molar-refractivity contribution in [2.75, 3.05) is 11.4 Å². The molecule has 0 bridgehead atoms. The third-order valence-electron chi connectivity index (χ3n) is 4.97. The molecule has 1 aromatic carbocycles. The zero-order valence-corrected chi connectivity index (χ0v) is 18.7. The van der Waals surface area contributed by atoms with Gasteiger partial charge in [0.05, 0.1) is 6.04 Å². The predicted molar refractivity (Wildman–Crippen MR) is 117 cm³/mol. The van der Waals surface area contributed by atoms with Gasteiger partial charge in [0.15, 0.2) is 5.78 Å². The van der Waals surface area contributed by atoms with E-state index in [9.17, 15) is 14.4 Å². The van der Waals surface area contributed by atoms with Gasteiger partial charge in [-0.3, -0.25) is 14.5 Å². The Bertz CT molecular complexity index is 990. The van der Waals surface area contributed by atoms with Crippen LogP contribution in [0.25, 0.3) is 0 Å². The smallest absolute Gasteiger partial charge is 0.408 e. The van der Waals surface area contributed by atoms with Gasteiger partial charge in [-0.2, -0.15) is 0 Å². The third-order valence-corrected chi connectivity index (χ3v) is 4.97. The maximum Gasteiger partial charge on any atom is 0.408 e. The van der Waals surface area contributed by atoms with Crippen LogP contribution in [0.2, 0.25) is 0 Å². The lowest BCUT2D eigenvalue weighted by molar-refractivity contribution is -0.118. The fraction of sp³-hybridized carbons (Fsp3) is 0.478. The predicted octanol–water partition coefficient (Wildman–Crippen LogP) is 3.72. The second kappa shape index (κ2) is 8.91. The van der Waals surface area contributed by atoms with Crippen molar-refractivity contribution in [3.05, 3.63) is 47.0 Å². The number of Topliss-reactive ketones (excluding diaryl/α,β-unsaturated/α-hetero) is 1. The average molecular weight is 427 g/mol. The van der Waals surface area contributed by atoms with E-state index in [0.717, 1.165) is 23.4 Å². The molecule has 2 amide bonds. The second-order valence-corrected chi connectivity index (χ2v) is 8.72. The zero-order chi connectivity index (χ0) is 22.8. The highest BCUT2D eigenvalue weighted by molar-refractivity contribution is 5.99. The largest absolute Gasteiger partial charge is 0.444 e. The summed E-state index contributed by atoms with van der Waals surface area (Å²) in [4.78, 5) is 46.7. The number of ether oxygens (including phenoxy) is 1. The van der Waals surface area contributed by atoms with Crippen molar-refractivity contribution in [2.24, 2.45) is 0 Å². The van der Waals surface area contributed by atoms with Gasteiger partial charge in [-0.05, 0) is 38.8 Å². The van der Waals surface area contributed by atoms with Gasteiger partial charge in [-0.1, -0.05) is 31.5 Å². The first-order chi connectivity index (χ1) is 14.6. The summed E-state index contributed by atoms with van der Waals surface area (Å²) in [7, 11) is 0. The summed E-state index contributed by atoms with van der Waals surface area (Å²) in [6.45, 7) is 8.61. The molecule has 1 aliphatic rings. The van der Waals surface area contributed by atoms with Gasteiger partial charge in [0, 0.05) is 24.7 Å². The Morgan fingerprint density at radius 1 is 1.26 bits per heavy atom. The minimum atomic E-state index is -0.650. The van der Waals surface area contributed by atoms with Crippen LogP contribution in [-0.4, -0.2) is 39.9 Å². The van der Waals surface area contributed by atoms with E-state index in [0.29, 0.717) is 24.4 Å². The molecule has 0 saturated carbocycles. The maximum atomic E-state index is 13.2. The number of nitrogens with zero attached hydrogens (tertiary/aromatic N) is 2. The number of aromatic amines is 1. The number of hydrogen-bond donors (Lipinski definition) is 2. The van der Waals surface area contributed by atoms with Crippen molar-refractivity contribution in [1.29, 1.82) is 0 Å². The first-order valence-electron chi connectivity index (χ1n) is 10.6. The number of fused-ring (bicyclic) bond motifs is 1. The van der Waals surface area contributed by atoms with E-state index < -0.39 is 11.7 Å². The zero-order valence-electron chi connectivity index (χ0n) is 18.7. The Morgan fingerprint density at radius 3 is 2.61 bits per heavy atom. The number of amides is 2. The number of benzene rings is 1. The summed E-state index contributed by atoms with van der Waals surface area (Å²) in [5, 5.41) is 2.54. The number of para-hydroxylation sites is 1. The lowest BCUT2D eigenvalue weighted by Gasteiger charge is -2.25. The Labute approximate surface area is 182 Å². The lowest BCUT2D eigenvalue weighted by atomic mass is 10.1. The van der Waals surface area contributed by atoms with Gasteiger partial charge in [0.2, 0.25) is 5.91 Å². The normalized spacial score (nSPS) is 15.5. The molecule has 166 valence electrons. The Hall–Kier alpha value is -3.16. The highest BCUT2D eigenvalue weighted by atomic mass is 16.6. The van der Waals surface area contributed by atoms with Crippen molar-refractivity contribution < 1.29 is 19.1 Å². The quantitative estimate of drug-likeness (QED) is 0.685. The molecule has 8 nitrogen and oxygen atoms in total. The van der Waals surface area contributed by atoms with E-state index in [-0.39, 0.29) is 24.3 Å². The number of carbonyl (C=O) groups is 3. The Balaban J connectivity index is 1.87. The summed E-state index contributed by atoms with van der Waals surface area (Å²) in [6, 6.07) is 7.26. The highest BCUT2D eigenvalue weighted by Crippen LogP contribution is 2.39. The number of nitrogens with one attached hydrogen (secondary N) is 2. The highest BCUT2D eigenvalue weighted by Gasteiger charge is 2.37. The molecule has 0 fully saturated rings. The van der Waals surface area contributed by atoms with Crippen LogP contribution in [0.15, 0.2) is 24.3 Å². The van der Waals surface area contributed by atoms with Gasteiger partial charge in [0.25, 0.3) is 0 Å². The van der Waals surface area contributed by atoms with Crippen LogP contribution in [0.3, 0.4) is 0 Å². The number of aryl methyl sites for hydroxylation is 1. The SMILES string of the molecule is CCCc1[nH]c(C2Cc3ccccc3N2C(=O)CNC(=O)OC(C)(C)C)nc1C(C)=O. The number of ketones is 1. The summed E-state index contributed by atoms with van der Waals surface area (Å²) < 4.78 is 5.23. The van der Waals surface area contributed by atoms with Crippen molar-refractivity contribution in [1.82, 2.24) is 15.3 Å².